The van der Waals surface area contributed by atoms with Gasteiger partial charge in [-0.2, -0.15) is 0 Å². The Labute approximate surface area is 120 Å². The summed E-state index contributed by atoms with van der Waals surface area (Å²) in [6, 6.07) is 0.438. The number of amides is 3. The number of rotatable bonds is 2. The molecule has 0 unspecified atom stereocenters. The Bertz CT molecular complexity index is 375. The molecule has 3 fully saturated rings. The third kappa shape index (κ3) is 3.25. The third-order valence-corrected chi connectivity index (χ3v) is 4.70. The number of hydrogen-bond acceptors (Lipinski definition) is 2. The predicted octanol–water partition coefficient (Wildman–Crippen LogP) is 1.58. The maximum absolute atomic E-state index is 12.2. The molecule has 0 spiro atoms. The Morgan fingerprint density at radius 2 is 1.45 bits per heavy atom. The summed E-state index contributed by atoms with van der Waals surface area (Å²) in [7, 11) is 0. The molecule has 5 heteroatoms. The van der Waals surface area contributed by atoms with E-state index in [1.54, 1.807) is 0 Å². The van der Waals surface area contributed by atoms with Gasteiger partial charge in [-0.15, -0.1) is 0 Å². The average molecular weight is 279 g/mol. The zero-order valence-corrected chi connectivity index (χ0v) is 12.1. The van der Waals surface area contributed by atoms with Crippen LogP contribution in [-0.4, -0.2) is 54.0 Å². The van der Waals surface area contributed by atoms with E-state index in [9.17, 15) is 9.59 Å². The lowest BCUT2D eigenvalue weighted by atomic mass is 10.2. The first-order valence-electron chi connectivity index (χ1n) is 8.08. The highest BCUT2D eigenvalue weighted by atomic mass is 16.2. The van der Waals surface area contributed by atoms with E-state index in [0.717, 1.165) is 45.2 Å². The minimum atomic E-state index is 0.0672. The molecule has 0 aromatic carbocycles. The molecule has 0 aromatic heterocycles. The van der Waals surface area contributed by atoms with E-state index in [2.05, 4.69) is 5.32 Å². The van der Waals surface area contributed by atoms with Crippen molar-refractivity contribution < 1.29 is 9.59 Å². The highest BCUT2D eigenvalue weighted by Gasteiger charge is 2.34. The molecule has 3 rings (SSSR count). The minimum Gasteiger partial charge on any atom is -0.341 e. The van der Waals surface area contributed by atoms with Crippen LogP contribution >= 0.6 is 0 Å². The summed E-state index contributed by atoms with van der Waals surface area (Å²) in [6.45, 7) is 2.96. The van der Waals surface area contributed by atoms with E-state index < -0.39 is 0 Å². The van der Waals surface area contributed by atoms with Gasteiger partial charge in [0.15, 0.2) is 0 Å². The summed E-state index contributed by atoms with van der Waals surface area (Å²) < 4.78 is 0. The standard InChI is InChI=1S/C15H25N3O2/c19-14(12-6-7-12)17-8-3-9-18(11-10-17)15(20)16-13-4-1-2-5-13/h12-13H,1-11H2,(H,16,20). The average Bonchev–Trinajstić information content (AvgIpc) is 3.22. The topological polar surface area (TPSA) is 52.7 Å². The maximum atomic E-state index is 12.2. The van der Waals surface area contributed by atoms with Crippen LogP contribution in [0.3, 0.4) is 0 Å². The molecule has 0 bridgehead atoms. The summed E-state index contributed by atoms with van der Waals surface area (Å²) in [5.74, 6) is 0.594. The first-order chi connectivity index (χ1) is 9.74. The van der Waals surface area contributed by atoms with Crippen LogP contribution in [0.15, 0.2) is 0 Å². The molecule has 1 saturated heterocycles. The minimum absolute atomic E-state index is 0.0672. The zero-order chi connectivity index (χ0) is 13.9. The molecule has 112 valence electrons. The summed E-state index contributed by atoms with van der Waals surface area (Å²) in [6.07, 6.45) is 7.71. The Morgan fingerprint density at radius 3 is 2.15 bits per heavy atom. The fourth-order valence-corrected chi connectivity index (χ4v) is 3.27. The summed E-state index contributed by atoms with van der Waals surface area (Å²) in [5, 5.41) is 3.14. The van der Waals surface area contributed by atoms with Gasteiger partial charge in [0, 0.05) is 38.1 Å². The van der Waals surface area contributed by atoms with Crippen molar-refractivity contribution >= 4 is 11.9 Å². The summed E-state index contributed by atoms with van der Waals surface area (Å²) in [4.78, 5) is 28.2. The Balaban J connectivity index is 1.48. The van der Waals surface area contributed by atoms with Crippen molar-refractivity contribution in [1.29, 1.82) is 0 Å². The van der Waals surface area contributed by atoms with Crippen LogP contribution < -0.4 is 5.32 Å². The van der Waals surface area contributed by atoms with Crippen molar-refractivity contribution in [2.24, 2.45) is 5.92 Å². The van der Waals surface area contributed by atoms with Crippen molar-refractivity contribution in [3.63, 3.8) is 0 Å². The molecule has 1 N–H and O–H groups in total. The third-order valence-electron chi connectivity index (χ3n) is 4.70. The summed E-state index contributed by atoms with van der Waals surface area (Å²) >= 11 is 0. The lowest BCUT2D eigenvalue weighted by Crippen LogP contribution is -2.45. The number of urea groups is 1. The molecule has 1 aliphatic heterocycles. The number of nitrogens with zero attached hydrogens (tertiary/aromatic N) is 2. The Hall–Kier alpha value is -1.26. The first kappa shape index (κ1) is 13.7. The van der Waals surface area contributed by atoms with E-state index in [-0.39, 0.29) is 11.9 Å². The molecule has 0 aromatic rings. The number of carbonyl (C=O) groups is 2. The van der Waals surface area contributed by atoms with Gasteiger partial charge in [0.05, 0.1) is 0 Å². The molecule has 2 saturated carbocycles. The van der Waals surface area contributed by atoms with Crippen molar-refractivity contribution in [1.82, 2.24) is 15.1 Å². The second-order valence-corrected chi connectivity index (χ2v) is 6.37. The van der Waals surface area contributed by atoms with E-state index in [4.69, 9.17) is 0 Å². The molecule has 0 atom stereocenters. The molecule has 3 aliphatic rings. The van der Waals surface area contributed by atoms with Crippen molar-refractivity contribution in [3.05, 3.63) is 0 Å². The normalized spacial score (nSPS) is 24.6. The van der Waals surface area contributed by atoms with E-state index in [1.165, 1.54) is 12.8 Å². The highest BCUT2D eigenvalue weighted by Crippen LogP contribution is 2.31. The smallest absolute Gasteiger partial charge is 0.317 e. The monoisotopic (exact) mass is 279 g/mol. The lowest BCUT2D eigenvalue weighted by molar-refractivity contribution is -0.132. The number of carbonyl (C=O) groups excluding carboxylic acids is 2. The van der Waals surface area contributed by atoms with Gasteiger partial charge < -0.3 is 15.1 Å². The van der Waals surface area contributed by atoms with E-state index in [0.29, 0.717) is 25.0 Å². The van der Waals surface area contributed by atoms with Gasteiger partial charge >= 0.3 is 6.03 Å². The van der Waals surface area contributed by atoms with Crippen LogP contribution in [0.4, 0.5) is 4.79 Å². The SMILES string of the molecule is O=C(NC1CCCC1)N1CCCN(C(=O)C2CC2)CC1. The van der Waals surface area contributed by atoms with Gasteiger partial charge in [-0.25, -0.2) is 4.79 Å². The van der Waals surface area contributed by atoms with Crippen molar-refractivity contribution in [3.8, 4) is 0 Å². The molecule has 1 heterocycles. The Morgan fingerprint density at radius 1 is 0.800 bits per heavy atom. The number of nitrogens with one attached hydrogen (secondary N) is 1. The van der Waals surface area contributed by atoms with Crippen LogP contribution in [0.5, 0.6) is 0 Å². The van der Waals surface area contributed by atoms with Gasteiger partial charge in [0.1, 0.15) is 0 Å². The first-order valence-corrected chi connectivity index (χ1v) is 8.08. The van der Waals surface area contributed by atoms with Gasteiger partial charge in [0.2, 0.25) is 5.91 Å². The van der Waals surface area contributed by atoms with Gasteiger partial charge in [-0.1, -0.05) is 12.8 Å². The molecule has 5 nitrogen and oxygen atoms in total. The predicted molar refractivity (Wildman–Crippen MR) is 76.3 cm³/mol. The largest absolute Gasteiger partial charge is 0.341 e. The van der Waals surface area contributed by atoms with Crippen LogP contribution in [0.1, 0.15) is 44.9 Å². The van der Waals surface area contributed by atoms with Crippen LogP contribution in [0.25, 0.3) is 0 Å². The van der Waals surface area contributed by atoms with E-state index >= 15 is 0 Å². The molecule has 0 radical (unpaired) electrons. The van der Waals surface area contributed by atoms with Crippen molar-refractivity contribution in [2.75, 3.05) is 26.2 Å². The second kappa shape index (κ2) is 6.02. The van der Waals surface area contributed by atoms with Crippen LogP contribution in [0.2, 0.25) is 0 Å². The fraction of sp³-hybridized carbons (Fsp3) is 0.867. The quantitative estimate of drug-likeness (QED) is 0.834. The van der Waals surface area contributed by atoms with Crippen LogP contribution in [-0.2, 0) is 4.79 Å². The van der Waals surface area contributed by atoms with Gasteiger partial charge in [0.25, 0.3) is 0 Å². The molecule has 2 aliphatic carbocycles. The molecular formula is C15H25N3O2. The second-order valence-electron chi connectivity index (χ2n) is 6.37. The zero-order valence-electron chi connectivity index (χ0n) is 12.1. The Kier molecular flexibility index (Phi) is 4.13. The highest BCUT2D eigenvalue weighted by molar-refractivity contribution is 5.81. The van der Waals surface area contributed by atoms with Gasteiger partial charge in [-0.05, 0) is 32.1 Å². The summed E-state index contributed by atoms with van der Waals surface area (Å²) in [5.41, 5.74) is 0. The maximum Gasteiger partial charge on any atom is 0.317 e. The molecule has 20 heavy (non-hydrogen) atoms. The fourth-order valence-electron chi connectivity index (χ4n) is 3.27. The van der Waals surface area contributed by atoms with Crippen molar-refractivity contribution in [2.45, 2.75) is 51.0 Å². The van der Waals surface area contributed by atoms with E-state index in [1.807, 2.05) is 9.80 Å². The molecule has 3 amide bonds. The van der Waals surface area contributed by atoms with Crippen LogP contribution in [0, 0.1) is 5.92 Å². The van der Waals surface area contributed by atoms with Gasteiger partial charge in [-0.3, -0.25) is 4.79 Å². The lowest BCUT2D eigenvalue weighted by Gasteiger charge is -2.24. The number of hydrogen-bond donors (Lipinski definition) is 1. The molecular weight excluding hydrogens is 254 g/mol.